The van der Waals surface area contributed by atoms with Crippen molar-refractivity contribution in [3.05, 3.63) is 0 Å². The van der Waals surface area contributed by atoms with E-state index in [4.69, 9.17) is 4.55 Å². The number of piperidine rings is 1. The van der Waals surface area contributed by atoms with Crippen molar-refractivity contribution in [1.82, 2.24) is 20.3 Å². The summed E-state index contributed by atoms with van der Waals surface area (Å²) in [7, 11) is -4.82. The van der Waals surface area contributed by atoms with Gasteiger partial charge in [-0.2, -0.15) is 13.5 Å². The number of hydrogen-bond donors (Lipinski definition) is 3. The van der Waals surface area contributed by atoms with Gasteiger partial charge in [0.15, 0.2) is 0 Å². The number of amides is 3. The number of nitrogens with zero attached hydrogens (tertiary/aromatic N) is 3. The number of rotatable bonds is 5. The maximum Gasteiger partial charge on any atom is 0.418 e. The van der Waals surface area contributed by atoms with E-state index in [-0.39, 0.29) is 25.6 Å². The Labute approximate surface area is 132 Å². The molecule has 3 fully saturated rings. The molecule has 0 radical (unpaired) electrons. The lowest BCUT2D eigenvalue weighted by Gasteiger charge is -2.34. The molecule has 3 N–H and O–H groups in total. The molecule has 11 nitrogen and oxygen atoms in total. The minimum atomic E-state index is -4.82. The van der Waals surface area contributed by atoms with E-state index in [1.54, 1.807) is 0 Å². The maximum absolute atomic E-state index is 12.3. The van der Waals surface area contributed by atoms with E-state index in [0.29, 0.717) is 16.5 Å². The van der Waals surface area contributed by atoms with Gasteiger partial charge in [0, 0.05) is 12.6 Å². The third-order valence-corrected chi connectivity index (χ3v) is 4.70. The van der Waals surface area contributed by atoms with Gasteiger partial charge in [0.1, 0.15) is 6.04 Å². The molecule has 3 aliphatic heterocycles. The Morgan fingerprint density at radius 3 is 2.65 bits per heavy atom. The molecule has 0 spiro atoms. The standard InChI is InChI=1S/C11H18N4O7S/c16-10(14(18)5-7-3-4-12-7)9-2-1-8-6-13(9)11(17)15(8)22-23(19,20)21/h7-9,12,18H,1-6H2,(H,19,20,21)/t7-,8?,9?/m1/s1. The molecule has 3 atom stereocenters. The fourth-order valence-electron chi connectivity index (χ4n) is 3.06. The van der Waals surface area contributed by atoms with Crippen LogP contribution in [0.25, 0.3) is 0 Å². The van der Waals surface area contributed by atoms with Crippen molar-refractivity contribution in [1.29, 1.82) is 0 Å². The minimum absolute atomic E-state index is 0.0360. The fraction of sp³-hybridized carbons (Fsp3) is 0.818. The summed E-state index contributed by atoms with van der Waals surface area (Å²) in [5, 5.41) is 14.1. The first-order valence-electron chi connectivity index (χ1n) is 7.27. The van der Waals surface area contributed by atoms with E-state index in [1.165, 1.54) is 0 Å². The van der Waals surface area contributed by atoms with Crippen LogP contribution in [0.4, 0.5) is 4.79 Å². The zero-order valence-electron chi connectivity index (χ0n) is 12.2. The van der Waals surface area contributed by atoms with Gasteiger partial charge in [-0.3, -0.25) is 14.6 Å². The van der Waals surface area contributed by atoms with Crippen molar-refractivity contribution < 1.29 is 32.1 Å². The van der Waals surface area contributed by atoms with Gasteiger partial charge in [-0.15, -0.1) is 4.28 Å². The van der Waals surface area contributed by atoms with Crippen LogP contribution in [0.3, 0.4) is 0 Å². The van der Waals surface area contributed by atoms with Crippen LogP contribution in [-0.2, 0) is 19.5 Å². The van der Waals surface area contributed by atoms with Gasteiger partial charge >= 0.3 is 16.4 Å². The van der Waals surface area contributed by atoms with Crippen LogP contribution in [0.2, 0.25) is 0 Å². The molecule has 0 aromatic heterocycles. The van der Waals surface area contributed by atoms with Crippen molar-refractivity contribution in [2.45, 2.75) is 37.4 Å². The number of hydrogen-bond acceptors (Lipinski definition) is 7. The van der Waals surface area contributed by atoms with Gasteiger partial charge in [0.2, 0.25) is 0 Å². The highest BCUT2D eigenvalue weighted by Crippen LogP contribution is 2.31. The van der Waals surface area contributed by atoms with Crippen LogP contribution in [0.15, 0.2) is 0 Å². The zero-order chi connectivity index (χ0) is 16.8. The van der Waals surface area contributed by atoms with Crippen molar-refractivity contribution in [3.8, 4) is 0 Å². The Bertz CT molecular complexity index is 607. The van der Waals surface area contributed by atoms with Gasteiger partial charge in [-0.25, -0.2) is 9.86 Å². The van der Waals surface area contributed by atoms with Crippen LogP contribution < -0.4 is 5.32 Å². The molecule has 0 aliphatic carbocycles. The summed E-state index contributed by atoms with van der Waals surface area (Å²) >= 11 is 0. The highest BCUT2D eigenvalue weighted by atomic mass is 32.3. The lowest BCUT2D eigenvalue weighted by Crippen LogP contribution is -2.55. The van der Waals surface area contributed by atoms with E-state index < -0.39 is 34.4 Å². The summed E-state index contributed by atoms with van der Waals surface area (Å²) in [6.07, 6.45) is 1.45. The van der Waals surface area contributed by atoms with Crippen molar-refractivity contribution in [3.63, 3.8) is 0 Å². The Morgan fingerprint density at radius 2 is 2.09 bits per heavy atom. The summed E-state index contributed by atoms with van der Waals surface area (Å²) in [5.41, 5.74) is 0. The fourth-order valence-corrected chi connectivity index (χ4v) is 3.45. The number of fused-ring (bicyclic) bond motifs is 2. The second-order valence-electron chi connectivity index (χ2n) is 5.87. The average molecular weight is 350 g/mol. The predicted molar refractivity (Wildman–Crippen MR) is 73.3 cm³/mol. The average Bonchev–Trinajstić information content (AvgIpc) is 2.66. The SMILES string of the molecule is O=C(C1CCC2CN1C(=O)N2OS(=O)(=O)O)N(O)C[C@H]1CCN1. The molecular weight excluding hydrogens is 332 g/mol. The molecule has 130 valence electrons. The molecule has 12 heteroatoms. The molecule has 2 unspecified atom stereocenters. The zero-order valence-corrected chi connectivity index (χ0v) is 13.0. The molecule has 3 heterocycles. The van der Waals surface area contributed by atoms with Crippen LogP contribution in [0, 0.1) is 0 Å². The molecule has 0 aromatic carbocycles. The molecule has 0 aromatic rings. The van der Waals surface area contributed by atoms with Gasteiger partial charge in [0.25, 0.3) is 5.91 Å². The molecule has 0 saturated carbocycles. The first kappa shape index (κ1) is 16.4. The molecule has 3 aliphatic rings. The Hall–Kier alpha value is -1.47. The van der Waals surface area contributed by atoms with Gasteiger partial charge in [0.05, 0.1) is 12.6 Å². The summed E-state index contributed by atoms with van der Waals surface area (Å²) < 4.78 is 34.6. The maximum atomic E-state index is 12.3. The number of carbonyl (C=O) groups is 2. The molecule has 3 amide bonds. The topological polar surface area (TPSA) is 140 Å². The lowest BCUT2D eigenvalue weighted by molar-refractivity contribution is -0.173. The Morgan fingerprint density at radius 1 is 1.39 bits per heavy atom. The molecule has 3 saturated heterocycles. The third-order valence-electron chi connectivity index (χ3n) is 4.36. The normalized spacial score (nSPS) is 30.3. The lowest BCUT2D eigenvalue weighted by atomic mass is 10.00. The number of hydroxylamine groups is 4. The predicted octanol–water partition coefficient (Wildman–Crippen LogP) is -1.43. The number of nitrogens with one attached hydrogen (secondary N) is 1. The third kappa shape index (κ3) is 3.26. The smallest absolute Gasteiger partial charge is 0.312 e. The van der Waals surface area contributed by atoms with E-state index >= 15 is 0 Å². The molecule has 3 rings (SSSR count). The summed E-state index contributed by atoms with van der Waals surface area (Å²) in [5.74, 6) is -0.612. The second-order valence-corrected chi connectivity index (χ2v) is 6.87. The van der Waals surface area contributed by atoms with E-state index in [0.717, 1.165) is 17.9 Å². The van der Waals surface area contributed by atoms with Crippen molar-refractivity contribution in [2.75, 3.05) is 19.6 Å². The van der Waals surface area contributed by atoms with Gasteiger partial charge in [-0.05, 0) is 25.8 Å². The summed E-state index contributed by atoms with van der Waals surface area (Å²) in [6, 6.07) is -2.22. The molecule has 2 bridgehead atoms. The van der Waals surface area contributed by atoms with Crippen LogP contribution >= 0.6 is 0 Å². The van der Waals surface area contributed by atoms with Gasteiger partial charge < -0.3 is 10.2 Å². The largest absolute Gasteiger partial charge is 0.418 e. The van der Waals surface area contributed by atoms with E-state index in [9.17, 15) is 23.2 Å². The monoisotopic (exact) mass is 350 g/mol. The Kier molecular flexibility index (Phi) is 4.18. The number of carbonyl (C=O) groups excluding carboxylic acids is 2. The molecule has 23 heavy (non-hydrogen) atoms. The summed E-state index contributed by atoms with van der Waals surface area (Å²) in [6.45, 7) is 1.07. The first-order valence-corrected chi connectivity index (χ1v) is 8.63. The highest BCUT2D eigenvalue weighted by Gasteiger charge is 2.50. The molecular formula is C11H18N4O7S. The van der Waals surface area contributed by atoms with E-state index in [1.807, 2.05) is 0 Å². The quantitative estimate of drug-likeness (QED) is 0.311. The second kappa shape index (κ2) is 5.87. The van der Waals surface area contributed by atoms with Crippen molar-refractivity contribution >= 4 is 22.3 Å². The highest BCUT2D eigenvalue weighted by molar-refractivity contribution is 7.80. The van der Waals surface area contributed by atoms with Crippen LogP contribution in [0.1, 0.15) is 19.3 Å². The van der Waals surface area contributed by atoms with Crippen LogP contribution in [0.5, 0.6) is 0 Å². The Balaban J connectivity index is 1.66. The van der Waals surface area contributed by atoms with E-state index in [2.05, 4.69) is 9.60 Å². The minimum Gasteiger partial charge on any atom is -0.312 e. The first-order chi connectivity index (χ1) is 10.8. The van der Waals surface area contributed by atoms with Gasteiger partial charge in [-0.1, -0.05) is 0 Å². The number of urea groups is 1. The van der Waals surface area contributed by atoms with Crippen LogP contribution in [-0.4, -0.2) is 82.9 Å². The van der Waals surface area contributed by atoms with Crippen molar-refractivity contribution in [2.24, 2.45) is 0 Å². The summed E-state index contributed by atoms with van der Waals surface area (Å²) in [4.78, 5) is 25.7.